The number of furan rings is 2. The summed E-state index contributed by atoms with van der Waals surface area (Å²) in [5.41, 5.74) is -4.62. The number of benzene rings is 24. The van der Waals surface area contributed by atoms with Gasteiger partial charge in [0.2, 0.25) is 0 Å². The Morgan fingerprint density at radius 1 is 0.164 bits per heavy atom. The summed E-state index contributed by atoms with van der Waals surface area (Å²) in [6, 6.07) is -14.7. The van der Waals surface area contributed by atoms with E-state index in [-0.39, 0.29) is 92.3 Å². The third-order valence-corrected chi connectivity index (χ3v) is 20.7. The smallest absolute Gasteiger partial charge is 0.136 e. The van der Waals surface area contributed by atoms with Crippen LogP contribution in [-0.4, -0.2) is 0 Å². The SMILES string of the molecule is [2H]c1c([2H])c(-c2c([2H])c([2H])c([2H])c3oc4c([2H])c5c([2H])c([2H])c([2H])c([2H])c5c([2H])c4c23)c(-c2c([2H])c([2H])c3c([2H])c([2H])c4c([2H])c([2H])c([2H])c5c([2H])c([2H])c2c3c45)c([2H])c1-c1c([2H])c([2H])c2c([2H])c([2H])c3c([2H])c([2H])c([2H])c4c([2H])c([2H])c1c2c34.[2H]c1c([2H])c2c([2H])c([2H])c3c([2H])c([2H])c(-c4ccc(-c5cccc6oc7cc8ccccc8cc7c56)c(-c5c([2H])c([2H])c6c([2H])c([2H])c7c([2H])c([2H])c([2H])c8c([2H])c([2H])c5c6c78)c4)c4c([2H])c([2H])c(c1[2H])c2c34. The number of fused-ring (bicyclic) bond motifs is 8. The monoisotopic (exact) mass is 1440 g/mol. The molecule has 0 fully saturated rings. The highest BCUT2D eigenvalue weighted by Gasteiger charge is 2.25. The lowest BCUT2D eigenvalue weighted by Gasteiger charge is -2.19. The van der Waals surface area contributed by atoms with Gasteiger partial charge in [0.1, 0.15) is 22.3 Å². The molecule has 0 radical (unpaired) electrons. The summed E-state index contributed by atoms with van der Waals surface area (Å²) in [6.07, 6.45) is 0. The van der Waals surface area contributed by atoms with E-state index in [1.54, 1.807) is 30.3 Å². The molecular weight excluding hydrogens is 1330 g/mol. The van der Waals surface area contributed by atoms with Crippen molar-refractivity contribution in [2.45, 2.75) is 0 Å². The van der Waals surface area contributed by atoms with E-state index in [0.29, 0.717) is 27.7 Å². The maximum absolute atomic E-state index is 10.6. The van der Waals surface area contributed by atoms with Crippen LogP contribution in [0.2, 0.25) is 0 Å². The molecule has 2 heteroatoms. The molecule has 26 aromatic rings. The number of rotatable bonds is 6. The largest absolute Gasteiger partial charge is 0.456 e. The van der Waals surface area contributed by atoms with E-state index in [4.69, 9.17) is 40.4 Å². The molecule has 26 rings (SSSR count). The van der Waals surface area contributed by atoms with Gasteiger partial charge in [0.05, 0.1) is 65.8 Å². The van der Waals surface area contributed by atoms with Crippen LogP contribution in [0.1, 0.15) is 65.8 Å². The van der Waals surface area contributed by atoms with E-state index >= 15 is 0 Å². The first-order chi connectivity index (χ1) is 74.6. The standard InChI is InChI=1S/2C54H30O/c2*1-2-7-38-30-49-47(28-37(38)6-1)54-43(12-5-13-48(54)55-49)41-25-22-39(40-23-18-35-16-14-31-8-3-10-33-20-26-44(40)52(35)50(31)33)29-46(41)42-24-19-36-17-15-32-9-4-11-34-21-27-45(42)53(36)51(32)34/h2*1-30H/i1D,2D,3D,4D,5D,6D,7D,8D,9D,10D,11D,12D,13D,14D,15D,16D,17D,18D,19D,20D,21D,22D,23D,24D,25D,26D,27D,28D,29D,30D;3D,4D,8D,9D,10D,11D,14D,15D,16D,17D,18D,19D,20D,21D,23D,24D,26D,27D. The second-order valence-corrected chi connectivity index (χ2v) is 26.5. The molecule has 2 heterocycles. The fourth-order valence-electron chi connectivity index (χ4n) is 15.9. The fourth-order valence-corrected chi connectivity index (χ4v) is 15.9. The van der Waals surface area contributed by atoms with Gasteiger partial charge in [-0.05, 0) is 266 Å². The van der Waals surface area contributed by atoms with E-state index in [1.165, 1.54) is 0 Å². The van der Waals surface area contributed by atoms with E-state index < -0.39 is 415 Å². The molecule has 2 nitrogen and oxygen atoms in total. The minimum Gasteiger partial charge on any atom is -0.456 e. The number of hydrogen-bond acceptors (Lipinski definition) is 2. The van der Waals surface area contributed by atoms with Crippen LogP contribution in [0.3, 0.4) is 0 Å². The van der Waals surface area contributed by atoms with E-state index in [1.807, 2.05) is 42.5 Å². The molecular formula is C108H60O2. The van der Waals surface area contributed by atoms with Crippen molar-refractivity contribution in [3.05, 3.63) is 363 Å². The molecule has 504 valence electrons. The summed E-state index contributed by atoms with van der Waals surface area (Å²) >= 11 is 0. The highest BCUT2D eigenvalue weighted by atomic mass is 16.3. The highest BCUT2D eigenvalue weighted by molar-refractivity contribution is 6.31. The average Bonchev–Trinajstić information content (AvgIpc) is 0.961. The molecule has 0 unspecified atom stereocenters. The molecule has 0 bridgehead atoms. The molecule has 0 amide bonds. The van der Waals surface area contributed by atoms with Gasteiger partial charge < -0.3 is 8.83 Å². The van der Waals surface area contributed by atoms with Gasteiger partial charge in [-0.3, -0.25) is 0 Å². The van der Waals surface area contributed by atoms with Crippen LogP contribution in [0.4, 0.5) is 0 Å². The van der Waals surface area contributed by atoms with Crippen LogP contribution >= 0.6 is 0 Å². The second kappa shape index (κ2) is 22.6. The summed E-state index contributed by atoms with van der Waals surface area (Å²) in [5, 5.41) is -6.82. The van der Waals surface area contributed by atoms with E-state index in [9.17, 15) is 34.3 Å². The minimum atomic E-state index is -1.17. The normalized spacial score (nSPS) is 18.5. The minimum absolute atomic E-state index is 0.0255. The predicted molar refractivity (Wildman–Crippen MR) is 470 cm³/mol. The molecule has 0 saturated heterocycles. The zero-order chi connectivity index (χ0) is 113. The lowest BCUT2D eigenvalue weighted by molar-refractivity contribution is 0.669. The quantitative estimate of drug-likeness (QED) is 0.155. The molecule has 0 N–H and O–H groups in total. The van der Waals surface area contributed by atoms with Gasteiger partial charge in [0.25, 0.3) is 0 Å². The van der Waals surface area contributed by atoms with Crippen molar-refractivity contribution >= 4 is 195 Å². The lowest BCUT2D eigenvalue weighted by Crippen LogP contribution is -1.92. The fraction of sp³-hybridized carbons (Fsp3) is 0. The lowest BCUT2D eigenvalue weighted by atomic mass is 9.84. The summed E-state index contributed by atoms with van der Waals surface area (Å²) in [5.74, 6) is 0. The van der Waals surface area contributed by atoms with Gasteiger partial charge in [-0.1, -0.05) is 314 Å². The molecule has 0 aliphatic heterocycles. The first kappa shape index (κ1) is 30.4. The zero-order valence-electron chi connectivity index (χ0n) is 104. The average molecular weight is 1440 g/mol. The first-order valence-electron chi connectivity index (χ1n) is 58.3. The van der Waals surface area contributed by atoms with Gasteiger partial charge in [-0.25, -0.2) is 0 Å². The third kappa shape index (κ3) is 8.59. The Labute approximate surface area is 697 Å². The van der Waals surface area contributed by atoms with Crippen LogP contribution in [0.15, 0.2) is 372 Å². The molecule has 0 atom stereocenters. The van der Waals surface area contributed by atoms with Crippen molar-refractivity contribution in [1.29, 1.82) is 0 Å². The second-order valence-electron chi connectivity index (χ2n) is 26.5. The van der Waals surface area contributed by atoms with Gasteiger partial charge in [-0.2, -0.15) is 0 Å². The van der Waals surface area contributed by atoms with Crippen molar-refractivity contribution in [2.75, 3.05) is 0 Å². The Hall–Kier alpha value is -14.4. The Morgan fingerprint density at radius 2 is 0.582 bits per heavy atom. The van der Waals surface area contributed by atoms with Gasteiger partial charge in [0, 0.05) is 21.5 Å². The summed E-state index contributed by atoms with van der Waals surface area (Å²) in [6.45, 7) is 0. The molecule has 0 aliphatic carbocycles. The zero-order valence-corrected chi connectivity index (χ0v) is 55.7. The summed E-state index contributed by atoms with van der Waals surface area (Å²) < 4.78 is 457. The molecule has 24 aromatic carbocycles. The Morgan fingerprint density at radius 3 is 1.13 bits per heavy atom. The van der Waals surface area contributed by atoms with Crippen molar-refractivity contribution < 1.29 is 74.6 Å². The Kier molecular flexibility index (Phi) is 6.24. The highest BCUT2D eigenvalue weighted by Crippen LogP contribution is 2.52. The Bertz CT molecular complexity index is 11400. The number of hydrogen-bond donors (Lipinski definition) is 0. The Balaban J connectivity index is 0.000000163. The maximum Gasteiger partial charge on any atom is 0.136 e. The molecule has 110 heavy (non-hydrogen) atoms. The molecule has 0 saturated carbocycles. The molecule has 0 spiro atoms. The van der Waals surface area contributed by atoms with Crippen LogP contribution in [-0.2, 0) is 0 Å². The topological polar surface area (TPSA) is 26.3 Å². The maximum atomic E-state index is 10.6. The predicted octanol–water partition coefficient (Wildman–Crippen LogP) is 31.1. The van der Waals surface area contributed by atoms with Crippen molar-refractivity contribution in [2.24, 2.45) is 0 Å². The van der Waals surface area contributed by atoms with Crippen molar-refractivity contribution in [3.63, 3.8) is 0 Å². The van der Waals surface area contributed by atoms with Crippen LogP contribution in [0.5, 0.6) is 0 Å². The van der Waals surface area contributed by atoms with Gasteiger partial charge >= 0.3 is 0 Å². The molecule has 2 aromatic heterocycles. The van der Waals surface area contributed by atoms with Crippen LogP contribution in [0, 0.1) is 0 Å². The molecule has 0 aliphatic rings. The van der Waals surface area contributed by atoms with E-state index in [0.717, 1.165) is 16.2 Å². The van der Waals surface area contributed by atoms with E-state index in [2.05, 4.69) is 0 Å². The summed E-state index contributed by atoms with van der Waals surface area (Å²) in [4.78, 5) is 0. The first-order valence-corrected chi connectivity index (χ1v) is 34.3. The van der Waals surface area contributed by atoms with Crippen molar-refractivity contribution in [1.82, 2.24) is 0 Å². The van der Waals surface area contributed by atoms with Crippen LogP contribution < -0.4 is 0 Å². The third-order valence-electron chi connectivity index (χ3n) is 20.7. The van der Waals surface area contributed by atoms with Gasteiger partial charge in [0.15, 0.2) is 0 Å². The summed E-state index contributed by atoms with van der Waals surface area (Å²) in [7, 11) is 0. The van der Waals surface area contributed by atoms with Crippen molar-refractivity contribution in [3.8, 4) is 66.8 Å². The van der Waals surface area contributed by atoms with Crippen LogP contribution in [0.25, 0.3) is 261 Å². The van der Waals surface area contributed by atoms with Gasteiger partial charge in [-0.15, -0.1) is 0 Å².